The summed E-state index contributed by atoms with van der Waals surface area (Å²) in [7, 11) is 0. The molecule has 1 heterocycles. The van der Waals surface area contributed by atoms with Gasteiger partial charge in [-0.3, -0.25) is 4.79 Å². The Morgan fingerprint density at radius 3 is 2.44 bits per heavy atom. The highest BCUT2D eigenvalue weighted by molar-refractivity contribution is 5.85. The first-order valence-electron chi connectivity index (χ1n) is 5.47. The van der Waals surface area contributed by atoms with Crippen LogP contribution in [0, 0.1) is 0 Å². The Morgan fingerprint density at radius 2 is 1.94 bits per heavy atom. The van der Waals surface area contributed by atoms with Crippen molar-refractivity contribution in [2.24, 2.45) is 5.73 Å². The summed E-state index contributed by atoms with van der Waals surface area (Å²) in [6.07, 6.45) is -0.278. The Balaban J connectivity index is 0.00000162. The SMILES string of the molecule is Cl.N[C@H](C(=O)N1CCC(F)(F)C1)c1ccccc1. The van der Waals surface area contributed by atoms with Gasteiger partial charge in [-0.05, 0) is 5.56 Å². The predicted octanol–water partition coefficient (Wildman–Crippen LogP) is 1.98. The Labute approximate surface area is 110 Å². The summed E-state index contributed by atoms with van der Waals surface area (Å²) >= 11 is 0. The number of halogens is 3. The van der Waals surface area contributed by atoms with E-state index in [0.29, 0.717) is 5.56 Å². The van der Waals surface area contributed by atoms with Crippen LogP contribution < -0.4 is 5.73 Å². The molecule has 1 aliphatic rings. The van der Waals surface area contributed by atoms with Gasteiger partial charge in [0.2, 0.25) is 5.91 Å². The molecule has 6 heteroatoms. The lowest BCUT2D eigenvalue weighted by atomic mass is 10.1. The van der Waals surface area contributed by atoms with E-state index in [0.717, 1.165) is 4.90 Å². The molecule has 0 bridgehead atoms. The van der Waals surface area contributed by atoms with Gasteiger partial charge in [0.1, 0.15) is 6.04 Å². The molecule has 1 amide bonds. The summed E-state index contributed by atoms with van der Waals surface area (Å²) in [6.45, 7) is -0.446. The van der Waals surface area contributed by atoms with Crippen molar-refractivity contribution in [2.45, 2.75) is 18.4 Å². The molecule has 0 radical (unpaired) electrons. The molecule has 100 valence electrons. The van der Waals surface area contributed by atoms with Crippen molar-refractivity contribution < 1.29 is 13.6 Å². The van der Waals surface area contributed by atoms with E-state index in [9.17, 15) is 13.6 Å². The molecule has 2 N–H and O–H groups in total. The van der Waals surface area contributed by atoms with Crippen LogP contribution in [0.5, 0.6) is 0 Å². The predicted molar refractivity (Wildman–Crippen MR) is 66.8 cm³/mol. The highest BCUT2D eigenvalue weighted by atomic mass is 35.5. The minimum absolute atomic E-state index is 0. The van der Waals surface area contributed by atoms with Crippen LogP contribution in [0.4, 0.5) is 8.78 Å². The lowest BCUT2D eigenvalue weighted by Crippen LogP contribution is -2.38. The molecule has 1 aliphatic heterocycles. The van der Waals surface area contributed by atoms with Crippen molar-refractivity contribution in [1.82, 2.24) is 4.90 Å². The standard InChI is InChI=1S/C12H14F2N2O.ClH/c13-12(14)6-7-16(8-12)11(17)10(15)9-4-2-1-3-5-9;/h1-5,10H,6-8,15H2;1H/t10-;/m0./s1. The molecular formula is C12H15ClF2N2O. The first-order valence-corrected chi connectivity index (χ1v) is 5.47. The van der Waals surface area contributed by atoms with Gasteiger partial charge in [0.05, 0.1) is 6.54 Å². The van der Waals surface area contributed by atoms with E-state index in [1.165, 1.54) is 0 Å². The minimum Gasteiger partial charge on any atom is -0.335 e. The van der Waals surface area contributed by atoms with E-state index < -0.39 is 24.4 Å². The van der Waals surface area contributed by atoms with E-state index in [1.54, 1.807) is 24.3 Å². The Bertz CT molecular complexity index is 414. The van der Waals surface area contributed by atoms with Gasteiger partial charge in [-0.25, -0.2) is 8.78 Å². The van der Waals surface area contributed by atoms with Crippen LogP contribution in [0.15, 0.2) is 30.3 Å². The zero-order valence-electron chi connectivity index (χ0n) is 9.68. The molecule has 1 saturated heterocycles. The zero-order valence-corrected chi connectivity index (χ0v) is 10.5. The average Bonchev–Trinajstić information content (AvgIpc) is 2.69. The summed E-state index contributed by atoms with van der Waals surface area (Å²) in [5.74, 6) is -3.21. The second-order valence-corrected chi connectivity index (χ2v) is 4.25. The number of hydrogen-bond acceptors (Lipinski definition) is 2. The maximum atomic E-state index is 13.0. The van der Waals surface area contributed by atoms with Crippen LogP contribution >= 0.6 is 12.4 Å². The lowest BCUT2D eigenvalue weighted by molar-refractivity contribution is -0.133. The number of nitrogens with zero attached hydrogens (tertiary/aromatic N) is 1. The number of alkyl halides is 2. The van der Waals surface area contributed by atoms with Gasteiger partial charge in [0.15, 0.2) is 0 Å². The molecule has 1 fully saturated rings. The van der Waals surface area contributed by atoms with Gasteiger partial charge < -0.3 is 10.6 Å². The fourth-order valence-corrected chi connectivity index (χ4v) is 1.92. The van der Waals surface area contributed by atoms with Gasteiger partial charge in [-0.15, -0.1) is 12.4 Å². The Morgan fingerprint density at radius 1 is 1.33 bits per heavy atom. The van der Waals surface area contributed by atoms with Gasteiger partial charge >= 0.3 is 0 Å². The zero-order chi connectivity index (χ0) is 12.5. The molecule has 1 atom stereocenters. The van der Waals surface area contributed by atoms with Crippen LogP contribution in [0.3, 0.4) is 0 Å². The Kier molecular flexibility index (Phi) is 4.65. The fraction of sp³-hybridized carbons (Fsp3) is 0.417. The van der Waals surface area contributed by atoms with E-state index >= 15 is 0 Å². The van der Waals surface area contributed by atoms with E-state index in [2.05, 4.69) is 0 Å². The second kappa shape index (κ2) is 5.63. The summed E-state index contributed by atoms with van der Waals surface area (Å²) in [4.78, 5) is 13.0. The van der Waals surface area contributed by atoms with E-state index in [1.807, 2.05) is 6.07 Å². The van der Waals surface area contributed by atoms with Crippen molar-refractivity contribution in [3.05, 3.63) is 35.9 Å². The number of rotatable bonds is 2. The maximum Gasteiger partial charge on any atom is 0.267 e. The van der Waals surface area contributed by atoms with Gasteiger partial charge in [0, 0.05) is 13.0 Å². The maximum absolute atomic E-state index is 13.0. The monoisotopic (exact) mass is 276 g/mol. The molecule has 0 aliphatic carbocycles. The molecule has 0 saturated carbocycles. The third kappa shape index (κ3) is 3.17. The molecule has 1 aromatic carbocycles. The van der Waals surface area contributed by atoms with Crippen molar-refractivity contribution in [3.63, 3.8) is 0 Å². The smallest absolute Gasteiger partial charge is 0.267 e. The summed E-state index contributed by atoms with van der Waals surface area (Å²) in [5, 5.41) is 0. The molecule has 1 aromatic rings. The highest BCUT2D eigenvalue weighted by Crippen LogP contribution is 2.28. The molecule has 0 unspecified atom stereocenters. The summed E-state index contributed by atoms with van der Waals surface area (Å²) in [5.41, 5.74) is 6.42. The molecule has 18 heavy (non-hydrogen) atoms. The quantitative estimate of drug-likeness (QED) is 0.898. The largest absolute Gasteiger partial charge is 0.335 e. The number of likely N-dealkylation sites (tertiary alicyclic amines) is 1. The summed E-state index contributed by atoms with van der Waals surface area (Å²) < 4.78 is 26.0. The van der Waals surface area contributed by atoms with Crippen LogP contribution in [0.25, 0.3) is 0 Å². The molecule has 2 rings (SSSR count). The minimum atomic E-state index is -2.77. The number of hydrogen-bond donors (Lipinski definition) is 1. The molecule has 0 aromatic heterocycles. The number of carbonyl (C=O) groups excluding carboxylic acids is 1. The Hall–Kier alpha value is -1.20. The highest BCUT2D eigenvalue weighted by Gasteiger charge is 2.41. The summed E-state index contributed by atoms with van der Waals surface area (Å²) in [6, 6.07) is 7.92. The van der Waals surface area contributed by atoms with Crippen LogP contribution in [0.1, 0.15) is 18.0 Å². The number of carbonyl (C=O) groups is 1. The van der Waals surface area contributed by atoms with E-state index in [-0.39, 0.29) is 25.4 Å². The molecule has 3 nitrogen and oxygen atoms in total. The number of amides is 1. The van der Waals surface area contributed by atoms with Gasteiger partial charge in [-0.1, -0.05) is 30.3 Å². The lowest BCUT2D eigenvalue weighted by Gasteiger charge is -2.20. The first-order chi connectivity index (χ1) is 7.99. The first kappa shape index (κ1) is 14.9. The average molecular weight is 277 g/mol. The van der Waals surface area contributed by atoms with Crippen LogP contribution in [-0.2, 0) is 4.79 Å². The number of benzene rings is 1. The molecular weight excluding hydrogens is 262 g/mol. The second-order valence-electron chi connectivity index (χ2n) is 4.25. The number of nitrogens with two attached hydrogens (primary N) is 1. The van der Waals surface area contributed by atoms with E-state index in [4.69, 9.17) is 5.73 Å². The van der Waals surface area contributed by atoms with Crippen molar-refractivity contribution in [3.8, 4) is 0 Å². The van der Waals surface area contributed by atoms with Crippen LogP contribution in [0.2, 0.25) is 0 Å². The van der Waals surface area contributed by atoms with Crippen molar-refractivity contribution in [1.29, 1.82) is 0 Å². The molecule has 0 spiro atoms. The normalized spacial score (nSPS) is 19.2. The van der Waals surface area contributed by atoms with Crippen molar-refractivity contribution >= 4 is 18.3 Å². The van der Waals surface area contributed by atoms with Gasteiger partial charge in [0.25, 0.3) is 5.92 Å². The van der Waals surface area contributed by atoms with Gasteiger partial charge in [-0.2, -0.15) is 0 Å². The third-order valence-electron chi connectivity index (χ3n) is 2.91. The van der Waals surface area contributed by atoms with Crippen molar-refractivity contribution in [2.75, 3.05) is 13.1 Å². The fourth-order valence-electron chi connectivity index (χ4n) is 1.92. The van der Waals surface area contributed by atoms with Crippen LogP contribution in [-0.4, -0.2) is 29.8 Å². The third-order valence-corrected chi connectivity index (χ3v) is 2.91. The topological polar surface area (TPSA) is 46.3 Å².